The van der Waals surface area contributed by atoms with E-state index in [1.54, 1.807) is 18.2 Å². The highest BCUT2D eigenvalue weighted by Gasteiger charge is 2.37. The maximum Gasteiger partial charge on any atom is 0.305 e. The van der Waals surface area contributed by atoms with Crippen LogP contribution in [0.15, 0.2) is 47.4 Å². The molecule has 2 aromatic rings. The number of anilines is 1. The number of carbonyl (C=O) groups excluding carboxylic acids is 1. The Morgan fingerprint density at radius 1 is 1.22 bits per heavy atom. The monoisotopic (exact) mass is 393 g/mol. The van der Waals surface area contributed by atoms with Gasteiger partial charge in [0.1, 0.15) is 11.6 Å². The van der Waals surface area contributed by atoms with Crippen LogP contribution in [-0.2, 0) is 19.6 Å². The number of benzene rings is 2. The summed E-state index contributed by atoms with van der Waals surface area (Å²) in [7, 11) is -1.09. The minimum atomic E-state index is -3.93. The van der Waals surface area contributed by atoms with Crippen LogP contribution in [-0.4, -0.2) is 35.2 Å². The first-order valence-corrected chi connectivity index (χ1v) is 9.84. The largest absolute Gasteiger partial charge is 0.497 e. The molecule has 0 N–H and O–H groups in total. The highest BCUT2D eigenvalue weighted by molar-refractivity contribution is 7.92. The lowest BCUT2D eigenvalue weighted by atomic mass is 9.96. The Morgan fingerprint density at radius 3 is 2.67 bits per heavy atom. The zero-order chi connectivity index (χ0) is 19.6. The second-order valence-corrected chi connectivity index (χ2v) is 8.09. The average molecular weight is 393 g/mol. The summed E-state index contributed by atoms with van der Waals surface area (Å²) < 4.78 is 50.9. The minimum absolute atomic E-state index is 0.113. The number of carbonyl (C=O) groups is 1. The summed E-state index contributed by atoms with van der Waals surface area (Å²) in [5.41, 5.74) is 1.29. The third-order valence-corrected chi connectivity index (χ3v) is 6.41. The summed E-state index contributed by atoms with van der Waals surface area (Å²) in [6.45, 7) is 0.165. The number of sulfonamides is 1. The lowest BCUT2D eigenvalue weighted by molar-refractivity contribution is -0.140. The summed E-state index contributed by atoms with van der Waals surface area (Å²) in [4.78, 5) is 11.4. The van der Waals surface area contributed by atoms with Crippen molar-refractivity contribution in [1.82, 2.24) is 0 Å². The first kappa shape index (κ1) is 19.2. The van der Waals surface area contributed by atoms with Crippen molar-refractivity contribution >= 4 is 21.7 Å². The van der Waals surface area contributed by atoms with E-state index in [2.05, 4.69) is 4.74 Å². The Balaban J connectivity index is 1.99. The van der Waals surface area contributed by atoms with E-state index < -0.39 is 15.8 Å². The number of ether oxygens (including phenoxy) is 2. The molecule has 1 aliphatic heterocycles. The number of hydrogen-bond acceptors (Lipinski definition) is 5. The van der Waals surface area contributed by atoms with Crippen molar-refractivity contribution in [3.8, 4) is 5.75 Å². The number of halogens is 1. The maximum atomic E-state index is 13.6. The van der Waals surface area contributed by atoms with E-state index in [0.717, 1.165) is 11.6 Å². The highest BCUT2D eigenvalue weighted by atomic mass is 32.2. The van der Waals surface area contributed by atoms with Crippen LogP contribution < -0.4 is 9.04 Å². The molecule has 0 aliphatic carbocycles. The molecule has 0 saturated carbocycles. The molecule has 1 aliphatic rings. The third kappa shape index (κ3) is 3.75. The van der Waals surface area contributed by atoms with Crippen molar-refractivity contribution in [2.45, 2.75) is 23.7 Å². The fourth-order valence-electron chi connectivity index (χ4n) is 3.23. The Labute approximate surface area is 157 Å². The van der Waals surface area contributed by atoms with Gasteiger partial charge >= 0.3 is 5.97 Å². The van der Waals surface area contributed by atoms with Gasteiger partial charge in [-0.05, 0) is 48.4 Å². The molecular weight excluding hydrogens is 373 g/mol. The van der Waals surface area contributed by atoms with Gasteiger partial charge in [0.2, 0.25) is 0 Å². The maximum absolute atomic E-state index is 13.6. The van der Waals surface area contributed by atoms with Crippen LogP contribution in [0.2, 0.25) is 0 Å². The minimum Gasteiger partial charge on any atom is -0.497 e. The number of rotatable bonds is 6. The number of hydrogen-bond donors (Lipinski definition) is 0. The van der Waals surface area contributed by atoms with Gasteiger partial charge in [-0.3, -0.25) is 9.10 Å². The van der Waals surface area contributed by atoms with Gasteiger partial charge in [0, 0.05) is 18.9 Å². The summed E-state index contributed by atoms with van der Waals surface area (Å²) in [5.74, 6) is -0.572. The van der Waals surface area contributed by atoms with E-state index in [4.69, 9.17) is 4.74 Å². The van der Waals surface area contributed by atoms with Crippen LogP contribution in [0, 0.1) is 5.82 Å². The van der Waals surface area contributed by atoms with Crippen LogP contribution >= 0.6 is 0 Å². The zero-order valence-corrected chi connectivity index (χ0v) is 15.8. The van der Waals surface area contributed by atoms with E-state index >= 15 is 0 Å². The van der Waals surface area contributed by atoms with Crippen LogP contribution in [0.5, 0.6) is 5.75 Å². The highest BCUT2D eigenvalue weighted by Crippen LogP contribution is 2.43. The van der Waals surface area contributed by atoms with E-state index in [1.165, 1.54) is 36.7 Å². The van der Waals surface area contributed by atoms with Crippen molar-refractivity contribution < 1.29 is 27.1 Å². The van der Waals surface area contributed by atoms with Gasteiger partial charge in [0.05, 0.1) is 24.8 Å². The smallest absolute Gasteiger partial charge is 0.305 e. The van der Waals surface area contributed by atoms with Crippen molar-refractivity contribution in [2.24, 2.45) is 0 Å². The zero-order valence-electron chi connectivity index (χ0n) is 15.0. The molecule has 0 aromatic heterocycles. The van der Waals surface area contributed by atoms with Crippen LogP contribution in [0.3, 0.4) is 0 Å². The summed E-state index contributed by atoms with van der Waals surface area (Å²) >= 11 is 0. The molecule has 1 heterocycles. The van der Waals surface area contributed by atoms with Gasteiger partial charge in [-0.15, -0.1) is 0 Å². The normalized spacial score (nSPS) is 16.1. The Bertz CT molecular complexity index is 960. The second-order valence-electron chi connectivity index (χ2n) is 6.23. The summed E-state index contributed by atoms with van der Waals surface area (Å²) in [6, 6.07) is 10.0. The Morgan fingerprint density at radius 2 is 2.00 bits per heavy atom. The van der Waals surface area contributed by atoms with E-state index in [0.29, 0.717) is 17.9 Å². The molecular formula is C19H20FNO5S. The fourth-order valence-corrected chi connectivity index (χ4v) is 4.80. The Hall–Kier alpha value is -2.61. The molecule has 27 heavy (non-hydrogen) atoms. The van der Waals surface area contributed by atoms with Gasteiger partial charge in [-0.25, -0.2) is 12.8 Å². The predicted molar refractivity (Wildman–Crippen MR) is 97.9 cm³/mol. The molecule has 0 saturated heterocycles. The topological polar surface area (TPSA) is 72.9 Å². The van der Waals surface area contributed by atoms with E-state index in [9.17, 15) is 17.6 Å². The molecule has 0 bridgehead atoms. The van der Waals surface area contributed by atoms with E-state index in [-0.39, 0.29) is 29.7 Å². The van der Waals surface area contributed by atoms with Gasteiger partial charge < -0.3 is 9.47 Å². The van der Waals surface area contributed by atoms with Gasteiger partial charge in [0.15, 0.2) is 0 Å². The van der Waals surface area contributed by atoms with Crippen molar-refractivity contribution in [2.75, 3.05) is 25.1 Å². The predicted octanol–water partition coefficient (Wildman–Crippen LogP) is 3.08. The molecule has 1 unspecified atom stereocenters. The van der Waals surface area contributed by atoms with Crippen LogP contribution in [0.25, 0.3) is 0 Å². The average Bonchev–Trinajstić information content (AvgIpc) is 3.04. The van der Waals surface area contributed by atoms with E-state index in [1.807, 2.05) is 0 Å². The molecule has 0 radical (unpaired) electrons. The SMILES string of the molecule is COC(=O)CCC1CN(S(=O)(=O)c2cccc(F)c2)c2ccc(OC)cc21. The summed E-state index contributed by atoms with van der Waals surface area (Å²) in [5, 5.41) is 0. The first-order valence-electron chi connectivity index (χ1n) is 8.40. The molecule has 3 rings (SSSR count). The van der Waals surface area contributed by atoms with Crippen molar-refractivity contribution in [1.29, 1.82) is 0 Å². The molecule has 0 amide bonds. The fraction of sp³-hybridized carbons (Fsp3) is 0.316. The standard InChI is InChI=1S/C19H20FNO5S/c1-25-15-7-8-18-17(11-15)13(6-9-19(22)26-2)12-21(18)27(23,24)16-5-3-4-14(20)10-16/h3-5,7-8,10-11,13H,6,9,12H2,1-2H3. The van der Waals surface area contributed by atoms with Crippen molar-refractivity contribution in [3.05, 3.63) is 53.8 Å². The molecule has 2 aromatic carbocycles. The number of methoxy groups -OCH3 is 2. The van der Waals surface area contributed by atoms with Gasteiger partial charge in [0.25, 0.3) is 10.0 Å². The second kappa shape index (κ2) is 7.56. The molecule has 6 nitrogen and oxygen atoms in total. The molecule has 0 spiro atoms. The molecule has 144 valence electrons. The van der Waals surface area contributed by atoms with Gasteiger partial charge in [-0.2, -0.15) is 0 Å². The lowest BCUT2D eigenvalue weighted by Crippen LogP contribution is -2.30. The lowest BCUT2D eigenvalue weighted by Gasteiger charge is -2.20. The number of esters is 1. The molecule has 0 fully saturated rings. The summed E-state index contributed by atoms with van der Waals surface area (Å²) in [6.07, 6.45) is 0.605. The first-order chi connectivity index (χ1) is 12.9. The third-order valence-electron chi connectivity index (χ3n) is 4.64. The molecule has 8 heteroatoms. The van der Waals surface area contributed by atoms with Crippen LogP contribution in [0.4, 0.5) is 10.1 Å². The number of fused-ring (bicyclic) bond motifs is 1. The van der Waals surface area contributed by atoms with Gasteiger partial charge in [-0.1, -0.05) is 6.07 Å². The Kier molecular flexibility index (Phi) is 5.36. The molecule has 1 atom stereocenters. The van der Waals surface area contributed by atoms with Crippen molar-refractivity contribution in [3.63, 3.8) is 0 Å². The number of nitrogens with zero attached hydrogens (tertiary/aromatic N) is 1. The quantitative estimate of drug-likeness (QED) is 0.705. The van der Waals surface area contributed by atoms with Crippen LogP contribution in [0.1, 0.15) is 24.3 Å².